The molecule has 3 amide bonds. The normalized spacial score (nSPS) is 15.0. The molecule has 2 aromatic rings. The molecule has 0 saturated heterocycles. The lowest BCUT2D eigenvalue weighted by atomic mass is 10.0. The van der Waals surface area contributed by atoms with Gasteiger partial charge in [0.05, 0.1) is 12.1 Å². The number of hydrogen-bond donors (Lipinski definition) is 7. The third-order valence-corrected chi connectivity index (χ3v) is 5.44. The number of nitrogens with two attached hydrogens (primary N) is 1. The van der Waals surface area contributed by atoms with E-state index >= 15 is 0 Å². The van der Waals surface area contributed by atoms with Crippen molar-refractivity contribution in [3.63, 3.8) is 0 Å². The first kappa shape index (κ1) is 28.3. The van der Waals surface area contributed by atoms with Crippen LogP contribution in [0.5, 0.6) is 5.75 Å². The van der Waals surface area contributed by atoms with E-state index in [9.17, 15) is 34.5 Å². The summed E-state index contributed by atoms with van der Waals surface area (Å²) in [6, 6.07) is 10.0. The van der Waals surface area contributed by atoms with Crippen LogP contribution < -0.4 is 21.7 Å². The fourth-order valence-corrected chi connectivity index (χ4v) is 3.36. The molecule has 0 aliphatic carbocycles. The zero-order chi connectivity index (χ0) is 26.8. The van der Waals surface area contributed by atoms with Gasteiger partial charge in [0.25, 0.3) is 0 Å². The van der Waals surface area contributed by atoms with Crippen molar-refractivity contribution in [2.24, 2.45) is 5.73 Å². The fraction of sp³-hybridized carbons (Fsp3) is 0.360. The summed E-state index contributed by atoms with van der Waals surface area (Å²) >= 11 is 0. The van der Waals surface area contributed by atoms with Crippen molar-refractivity contribution in [1.29, 1.82) is 0 Å². The van der Waals surface area contributed by atoms with Crippen LogP contribution in [0.1, 0.15) is 25.0 Å². The van der Waals surface area contributed by atoms with E-state index in [1.807, 2.05) is 0 Å². The van der Waals surface area contributed by atoms with Crippen molar-refractivity contribution >= 4 is 23.7 Å². The topological polar surface area (TPSA) is 191 Å². The average molecular weight is 501 g/mol. The molecule has 0 bridgehead atoms. The summed E-state index contributed by atoms with van der Waals surface area (Å²) in [5, 5.41) is 36.0. The summed E-state index contributed by atoms with van der Waals surface area (Å²) < 4.78 is 0. The van der Waals surface area contributed by atoms with E-state index in [-0.39, 0.29) is 18.6 Å². The van der Waals surface area contributed by atoms with Crippen LogP contribution in [0.4, 0.5) is 0 Å². The highest BCUT2D eigenvalue weighted by Gasteiger charge is 2.31. The average Bonchev–Trinajstić information content (AvgIpc) is 2.83. The number of carboxylic acid groups (broad SMARTS) is 1. The second-order valence-electron chi connectivity index (χ2n) is 8.52. The van der Waals surface area contributed by atoms with Crippen LogP contribution in [0.3, 0.4) is 0 Å². The van der Waals surface area contributed by atoms with Crippen LogP contribution in [-0.2, 0) is 32.0 Å². The number of nitrogens with one attached hydrogen (secondary N) is 3. The van der Waals surface area contributed by atoms with Crippen molar-refractivity contribution < 1.29 is 34.5 Å². The number of hydrogen-bond acceptors (Lipinski definition) is 7. The molecule has 0 aliphatic heterocycles. The highest BCUT2D eigenvalue weighted by molar-refractivity contribution is 5.94. The highest BCUT2D eigenvalue weighted by atomic mass is 16.4. The molecule has 0 aromatic heterocycles. The Kier molecular flexibility index (Phi) is 10.4. The largest absolute Gasteiger partial charge is 0.508 e. The van der Waals surface area contributed by atoms with Gasteiger partial charge in [-0.3, -0.25) is 14.4 Å². The first-order valence-electron chi connectivity index (χ1n) is 11.4. The molecule has 2 rings (SSSR count). The van der Waals surface area contributed by atoms with Crippen LogP contribution >= 0.6 is 0 Å². The van der Waals surface area contributed by atoms with E-state index in [4.69, 9.17) is 5.73 Å². The number of carbonyl (C=O) groups is 4. The molecule has 36 heavy (non-hydrogen) atoms. The second kappa shape index (κ2) is 13.2. The zero-order valence-corrected chi connectivity index (χ0v) is 20.0. The number of amides is 3. The molecule has 0 radical (unpaired) electrons. The maximum Gasteiger partial charge on any atom is 0.326 e. The van der Waals surface area contributed by atoms with Gasteiger partial charge in [-0.25, -0.2) is 4.79 Å². The molecule has 0 spiro atoms. The van der Waals surface area contributed by atoms with Gasteiger partial charge in [0.2, 0.25) is 17.7 Å². The molecule has 0 fully saturated rings. The zero-order valence-electron chi connectivity index (χ0n) is 20.0. The number of aliphatic hydroxyl groups excluding tert-OH is 1. The molecule has 0 aliphatic rings. The Hall–Kier alpha value is -3.96. The van der Waals surface area contributed by atoms with Gasteiger partial charge in [-0.05, 0) is 43.5 Å². The molecule has 0 heterocycles. The monoisotopic (exact) mass is 500 g/mol. The minimum absolute atomic E-state index is 0.0495. The molecular weight excluding hydrogens is 468 g/mol. The lowest BCUT2D eigenvalue weighted by Crippen LogP contribution is -2.59. The third kappa shape index (κ3) is 8.67. The molecule has 2 aromatic carbocycles. The minimum Gasteiger partial charge on any atom is -0.508 e. The summed E-state index contributed by atoms with van der Waals surface area (Å²) in [6.45, 7) is 2.65. The Morgan fingerprint density at radius 2 is 1.39 bits per heavy atom. The maximum atomic E-state index is 12.7. The van der Waals surface area contributed by atoms with E-state index in [0.717, 1.165) is 0 Å². The van der Waals surface area contributed by atoms with E-state index < -0.39 is 54.0 Å². The van der Waals surface area contributed by atoms with E-state index in [1.165, 1.54) is 26.0 Å². The van der Waals surface area contributed by atoms with Crippen LogP contribution in [0, 0.1) is 0 Å². The smallest absolute Gasteiger partial charge is 0.326 e. The Morgan fingerprint density at radius 1 is 0.806 bits per heavy atom. The fourth-order valence-electron chi connectivity index (χ4n) is 3.36. The van der Waals surface area contributed by atoms with Crippen LogP contribution in [0.2, 0.25) is 0 Å². The predicted octanol–water partition coefficient (Wildman–Crippen LogP) is -0.556. The number of carboxylic acids is 1. The summed E-state index contributed by atoms with van der Waals surface area (Å²) in [6.07, 6.45) is -1.14. The molecule has 5 atom stereocenters. The molecule has 8 N–H and O–H groups in total. The van der Waals surface area contributed by atoms with Gasteiger partial charge in [-0.1, -0.05) is 42.5 Å². The number of aliphatic hydroxyl groups is 1. The molecule has 194 valence electrons. The Labute approximate surface area is 208 Å². The standard InChI is InChI=1S/C25H32N4O7/c1-14(22(32)28-20(25(35)36)13-16-6-4-3-5-7-16)27-24(34)21(15(2)30)29-23(33)19(26)12-17-8-10-18(31)11-9-17/h3-11,14-15,19-21,30-31H,12-13,26H2,1-2H3,(H,27,34)(H,28,32)(H,29,33)(H,35,36). The summed E-state index contributed by atoms with van der Waals surface area (Å²) in [5.74, 6) is -3.45. The van der Waals surface area contributed by atoms with Gasteiger partial charge >= 0.3 is 5.97 Å². The Balaban J connectivity index is 1.96. The van der Waals surface area contributed by atoms with Gasteiger partial charge in [-0.2, -0.15) is 0 Å². The Morgan fingerprint density at radius 3 is 1.94 bits per heavy atom. The van der Waals surface area contributed by atoms with E-state index in [1.54, 1.807) is 42.5 Å². The number of phenols is 1. The van der Waals surface area contributed by atoms with Crippen molar-refractivity contribution in [3.05, 3.63) is 65.7 Å². The summed E-state index contributed by atoms with van der Waals surface area (Å²) in [7, 11) is 0. The first-order valence-corrected chi connectivity index (χ1v) is 11.4. The highest BCUT2D eigenvalue weighted by Crippen LogP contribution is 2.11. The number of rotatable bonds is 12. The predicted molar refractivity (Wildman–Crippen MR) is 131 cm³/mol. The van der Waals surface area contributed by atoms with Crippen molar-refractivity contribution in [1.82, 2.24) is 16.0 Å². The quantitative estimate of drug-likeness (QED) is 0.202. The lowest BCUT2D eigenvalue weighted by molar-refractivity contribution is -0.142. The minimum atomic E-state index is -1.40. The van der Waals surface area contributed by atoms with Gasteiger partial charge < -0.3 is 37.0 Å². The van der Waals surface area contributed by atoms with E-state index in [0.29, 0.717) is 11.1 Å². The second-order valence-corrected chi connectivity index (χ2v) is 8.52. The van der Waals surface area contributed by atoms with Gasteiger partial charge in [-0.15, -0.1) is 0 Å². The van der Waals surface area contributed by atoms with Crippen molar-refractivity contribution in [3.8, 4) is 5.75 Å². The van der Waals surface area contributed by atoms with E-state index in [2.05, 4.69) is 16.0 Å². The molecule has 0 saturated carbocycles. The van der Waals surface area contributed by atoms with Crippen LogP contribution in [0.15, 0.2) is 54.6 Å². The molecule has 11 heteroatoms. The number of benzene rings is 2. The number of phenolic OH excluding ortho intramolecular Hbond substituents is 1. The summed E-state index contributed by atoms with van der Waals surface area (Å²) in [4.78, 5) is 49.4. The first-order chi connectivity index (χ1) is 17.0. The maximum absolute atomic E-state index is 12.7. The van der Waals surface area contributed by atoms with Crippen LogP contribution in [-0.4, -0.2) is 69.3 Å². The molecule has 11 nitrogen and oxygen atoms in total. The molecular formula is C25H32N4O7. The van der Waals surface area contributed by atoms with Crippen molar-refractivity contribution in [2.45, 2.75) is 57.0 Å². The number of aromatic hydroxyl groups is 1. The van der Waals surface area contributed by atoms with Crippen LogP contribution in [0.25, 0.3) is 0 Å². The lowest BCUT2D eigenvalue weighted by Gasteiger charge is -2.25. The summed E-state index contributed by atoms with van der Waals surface area (Å²) in [5.41, 5.74) is 7.32. The third-order valence-electron chi connectivity index (χ3n) is 5.44. The van der Waals surface area contributed by atoms with Crippen molar-refractivity contribution in [2.75, 3.05) is 0 Å². The molecule has 5 unspecified atom stereocenters. The van der Waals surface area contributed by atoms with Gasteiger partial charge in [0.15, 0.2) is 0 Å². The SMILES string of the molecule is CC(NC(=O)C(NC(=O)C(N)Cc1ccc(O)cc1)C(C)O)C(=O)NC(Cc1ccccc1)C(=O)O. The number of aliphatic carboxylic acids is 1. The van der Waals surface area contributed by atoms with Gasteiger partial charge in [0, 0.05) is 6.42 Å². The number of carbonyl (C=O) groups excluding carboxylic acids is 3. The Bertz CT molecular complexity index is 1040. The van der Waals surface area contributed by atoms with Gasteiger partial charge in [0.1, 0.15) is 23.9 Å².